The molecule has 0 saturated heterocycles. The van der Waals surface area contributed by atoms with Crippen LogP contribution in [0.1, 0.15) is 29.9 Å². The number of anilines is 1. The fraction of sp³-hybridized carbons (Fsp3) is 0.417. The minimum atomic E-state index is -0.491. The molecule has 4 N–H and O–H groups in total. The van der Waals surface area contributed by atoms with Crippen molar-refractivity contribution in [3.05, 3.63) is 17.3 Å². The third-order valence-electron chi connectivity index (χ3n) is 2.76. The fourth-order valence-corrected chi connectivity index (χ4v) is 2.64. The van der Waals surface area contributed by atoms with Crippen molar-refractivity contribution in [3.8, 4) is 0 Å². The molecular formula is C12H16N4O2S. The molecule has 0 saturated carbocycles. The SMILES string of the molecule is CC(C)(CCO)NC(=O)c1sc2nccnc2c1N. The molecule has 0 atom stereocenters. The summed E-state index contributed by atoms with van der Waals surface area (Å²) in [5.41, 5.74) is 6.35. The molecule has 1 amide bonds. The summed E-state index contributed by atoms with van der Waals surface area (Å²) < 4.78 is 0. The quantitative estimate of drug-likeness (QED) is 0.780. The van der Waals surface area contributed by atoms with Gasteiger partial charge >= 0.3 is 0 Å². The minimum Gasteiger partial charge on any atom is -0.396 e. The van der Waals surface area contributed by atoms with Crippen molar-refractivity contribution >= 4 is 33.3 Å². The number of hydrogen-bond donors (Lipinski definition) is 3. The zero-order valence-electron chi connectivity index (χ0n) is 10.8. The van der Waals surface area contributed by atoms with Gasteiger partial charge in [0, 0.05) is 24.5 Å². The molecule has 7 heteroatoms. The number of nitrogen functional groups attached to an aromatic ring is 1. The summed E-state index contributed by atoms with van der Waals surface area (Å²) in [6, 6.07) is 0. The van der Waals surface area contributed by atoms with Gasteiger partial charge in [-0.3, -0.25) is 4.79 Å². The van der Waals surface area contributed by atoms with Gasteiger partial charge < -0.3 is 16.2 Å². The Bertz CT molecular complexity index is 609. The molecule has 0 unspecified atom stereocenters. The lowest BCUT2D eigenvalue weighted by molar-refractivity contribution is 0.0904. The number of aromatic nitrogens is 2. The van der Waals surface area contributed by atoms with Gasteiger partial charge in [0.05, 0.1) is 5.69 Å². The first-order chi connectivity index (χ1) is 8.94. The van der Waals surface area contributed by atoms with E-state index in [1.165, 1.54) is 11.3 Å². The molecule has 19 heavy (non-hydrogen) atoms. The van der Waals surface area contributed by atoms with Gasteiger partial charge in [0.2, 0.25) is 0 Å². The van der Waals surface area contributed by atoms with Gasteiger partial charge in [0.1, 0.15) is 15.2 Å². The molecular weight excluding hydrogens is 264 g/mol. The van der Waals surface area contributed by atoms with Crippen LogP contribution in [-0.2, 0) is 0 Å². The molecule has 0 aliphatic carbocycles. The number of carbonyl (C=O) groups excluding carboxylic acids is 1. The lowest BCUT2D eigenvalue weighted by Gasteiger charge is -2.25. The van der Waals surface area contributed by atoms with Crippen LogP contribution in [0.5, 0.6) is 0 Å². The first-order valence-corrected chi connectivity index (χ1v) is 6.68. The molecule has 2 aromatic rings. The second kappa shape index (κ2) is 5.10. The average molecular weight is 280 g/mol. The van der Waals surface area contributed by atoms with Crippen molar-refractivity contribution in [1.82, 2.24) is 15.3 Å². The highest BCUT2D eigenvalue weighted by atomic mass is 32.1. The van der Waals surface area contributed by atoms with Crippen LogP contribution in [-0.4, -0.2) is 33.1 Å². The Kier molecular flexibility index (Phi) is 3.68. The van der Waals surface area contributed by atoms with E-state index in [9.17, 15) is 4.79 Å². The predicted octanol–water partition coefficient (Wildman–Crippen LogP) is 1.16. The molecule has 6 nitrogen and oxygen atoms in total. The number of rotatable bonds is 4. The summed E-state index contributed by atoms with van der Waals surface area (Å²) in [7, 11) is 0. The van der Waals surface area contributed by atoms with Gasteiger partial charge in [0.15, 0.2) is 0 Å². The number of thiophene rings is 1. The van der Waals surface area contributed by atoms with Crippen LogP contribution < -0.4 is 11.1 Å². The number of nitrogens with one attached hydrogen (secondary N) is 1. The van der Waals surface area contributed by atoms with Crippen LogP contribution in [0.2, 0.25) is 0 Å². The van der Waals surface area contributed by atoms with Crippen molar-refractivity contribution in [2.75, 3.05) is 12.3 Å². The number of aliphatic hydroxyl groups excluding tert-OH is 1. The summed E-state index contributed by atoms with van der Waals surface area (Å²) in [6.07, 6.45) is 3.58. The molecule has 0 fully saturated rings. The Morgan fingerprint density at radius 2 is 2.16 bits per heavy atom. The Balaban J connectivity index is 2.29. The number of nitrogens with two attached hydrogens (primary N) is 1. The number of fused-ring (bicyclic) bond motifs is 1. The summed E-state index contributed by atoms with van der Waals surface area (Å²) in [5.74, 6) is -0.263. The fourth-order valence-electron chi connectivity index (χ4n) is 1.72. The largest absolute Gasteiger partial charge is 0.396 e. The zero-order chi connectivity index (χ0) is 14.0. The zero-order valence-corrected chi connectivity index (χ0v) is 11.6. The maximum absolute atomic E-state index is 12.2. The minimum absolute atomic E-state index is 0.0122. The second-order valence-electron chi connectivity index (χ2n) is 4.87. The number of hydrogen-bond acceptors (Lipinski definition) is 6. The Morgan fingerprint density at radius 1 is 1.47 bits per heavy atom. The molecule has 0 bridgehead atoms. The van der Waals surface area contributed by atoms with Crippen LogP contribution >= 0.6 is 11.3 Å². The lowest BCUT2D eigenvalue weighted by Crippen LogP contribution is -2.43. The molecule has 2 aromatic heterocycles. The van der Waals surface area contributed by atoms with E-state index in [1.54, 1.807) is 12.4 Å². The van der Waals surface area contributed by atoms with E-state index >= 15 is 0 Å². The van der Waals surface area contributed by atoms with E-state index < -0.39 is 5.54 Å². The van der Waals surface area contributed by atoms with E-state index in [4.69, 9.17) is 10.8 Å². The highest BCUT2D eigenvalue weighted by Gasteiger charge is 2.24. The summed E-state index contributed by atoms with van der Waals surface area (Å²) in [4.78, 5) is 21.5. The standard InChI is InChI=1S/C12H16N4O2S/c1-12(2,3-6-17)16-10(18)9-7(13)8-11(19-9)15-5-4-14-8/h4-5,17H,3,6,13H2,1-2H3,(H,16,18). The molecule has 0 aromatic carbocycles. The lowest BCUT2D eigenvalue weighted by atomic mass is 10.0. The number of nitrogens with zero attached hydrogens (tertiary/aromatic N) is 2. The van der Waals surface area contributed by atoms with Gasteiger partial charge in [-0.05, 0) is 20.3 Å². The Morgan fingerprint density at radius 3 is 2.79 bits per heavy atom. The van der Waals surface area contributed by atoms with Gasteiger partial charge in [-0.25, -0.2) is 9.97 Å². The normalized spacial score (nSPS) is 11.7. The first kappa shape index (κ1) is 13.7. The average Bonchev–Trinajstić information content (AvgIpc) is 2.67. The number of carbonyl (C=O) groups is 1. The smallest absolute Gasteiger partial charge is 0.264 e. The second-order valence-corrected chi connectivity index (χ2v) is 5.87. The van der Waals surface area contributed by atoms with Crippen molar-refractivity contribution in [1.29, 1.82) is 0 Å². The topological polar surface area (TPSA) is 101 Å². The maximum Gasteiger partial charge on any atom is 0.264 e. The first-order valence-electron chi connectivity index (χ1n) is 5.87. The highest BCUT2D eigenvalue weighted by molar-refractivity contribution is 7.21. The Labute approximate surface area is 114 Å². The predicted molar refractivity (Wildman–Crippen MR) is 75.1 cm³/mol. The molecule has 0 spiro atoms. The van der Waals surface area contributed by atoms with Gasteiger partial charge in [-0.1, -0.05) is 0 Å². The van der Waals surface area contributed by atoms with Crippen molar-refractivity contribution in [3.63, 3.8) is 0 Å². The van der Waals surface area contributed by atoms with Crippen molar-refractivity contribution in [2.45, 2.75) is 25.8 Å². The van der Waals surface area contributed by atoms with Gasteiger partial charge in [0.25, 0.3) is 5.91 Å². The van der Waals surface area contributed by atoms with Crippen molar-refractivity contribution < 1.29 is 9.90 Å². The highest BCUT2D eigenvalue weighted by Crippen LogP contribution is 2.30. The van der Waals surface area contributed by atoms with E-state index in [2.05, 4.69) is 15.3 Å². The molecule has 2 heterocycles. The summed E-state index contributed by atoms with van der Waals surface area (Å²) in [5, 5.41) is 11.8. The molecule has 0 aliphatic heterocycles. The number of aliphatic hydroxyl groups is 1. The van der Waals surface area contributed by atoms with Crippen LogP contribution in [0.25, 0.3) is 10.3 Å². The third-order valence-corrected chi connectivity index (χ3v) is 3.86. The summed E-state index contributed by atoms with van der Waals surface area (Å²) in [6.45, 7) is 3.71. The van der Waals surface area contributed by atoms with Crippen molar-refractivity contribution in [2.24, 2.45) is 0 Å². The summed E-state index contributed by atoms with van der Waals surface area (Å²) >= 11 is 1.22. The maximum atomic E-state index is 12.2. The van der Waals surface area contributed by atoms with E-state index in [-0.39, 0.29) is 12.5 Å². The Hall–Kier alpha value is -1.73. The number of amides is 1. The van der Waals surface area contributed by atoms with Crippen LogP contribution in [0, 0.1) is 0 Å². The van der Waals surface area contributed by atoms with Crippen LogP contribution in [0.15, 0.2) is 12.4 Å². The monoisotopic (exact) mass is 280 g/mol. The van der Waals surface area contributed by atoms with Crippen LogP contribution in [0.3, 0.4) is 0 Å². The molecule has 102 valence electrons. The van der Waals surface area contributed by atoms with E-state index in [0.717, 1.165) is 0 Å². The van der Waals surface area contributed by atoms with E-state index in [1.807, 2.05) is 13.8 Å². The van der Waals surface area contributed by atoms with Gasteiger partial charge in [-0.15, -0.1) is 11.3 Å². The van der Waals surface area contributed by atoms with Gasteiger partial charge in [-0.2, -0.15) is 0 Å². The molecule has 0 aliphatic rings. The van der Waals surface area contributed by atoms with E-state index in [0.29, 0.717) is 27.3 Å². The third kappa shape index (κ3) is 2.82. The van der Waals surface area contributed by atoms with Crippen LogP contribution in [0.4, 0.5) is 5.69 Å². The molecule has 2 rings (SSSR count). The molecule has 0 radical (unpaired) electrons.